The number of aromatic nitrogens is 2. The van der Waals surface area contributed by atoms with Gasteiger partial charge in [0.05, 0.1) is 17.4 Å². The summed E-state index contributed by atoms with van der Waals surface area (Å²) in [7, 11) is 0. The van der Waals surface area contributed by atoms with Crippen LogP contribution in [0.3, 0.4) is 0 Å². The molecule has 0 aliphatic carbocycles. The van der Waals surface area contributed by atoms with E-state index >= 15 is 0 Å². The van der Waals surface area contributed by atoms with Gasteiger partial charge in [-0.25, -0.2) is 9.97 Å². The van der Waals surface area contributed by atoms with Gasteiger partial charge in [0.1, 0.15) is 10.3 Å². The van der Waals surface area contributed by atoms with Crippen LogP contribution >= 0.6 is 11.3 Å². The Balaban J connectivity index is 1.84. The summed E-state index contributed by atoms with van der Waals surface area (Å²) in [5.74, 6) is -0.138. The van der Waals surface area contributed by atoms with Crippen LogP contribution < -0.4 is 5.32 Å². The van der Waals surface area contributed by atoms with E-state index in [9.17, 15) is 4.79 Å². The molecule has 0 aliphatic heterocycles. The number of hydrogen-bond acceptors (Lipinski definition) is 4. The average Bonchev–Trinajstić information content (AvgIpc) is 2.95. The van der Waals surface area contributed by atoms with E-state index in [1.54, 1.807) is 11.7 Å². The first-order valence-electron chi connectivity index (χ1n) is 6.91. The van der Waals surface area contributed by atoms with Gasteiger partial charge in [-0.1, -0.05) is 24.3 Å². The summed E-state index contributed by atoms with van der Waals surface area (Å²) in [4.78, 5) is 21.8. The number of carbonyl (C=O) groups excluding carboxylic acids is 1. The Hall–Kier alpha value is -2.53. The third kappa shape index (κ3) is 2.89. The van der Waals surface area contributed by atoms with E-state index in [-0.39, 0.29) is 5.91 Å². The van der Waals surface area contributed by atoms with Crippen LogP contribution in [0.15, 0.2) is 42.0 Å². The van der Waals surface area contributed by atoms with E-state index in [2.05, 4.69) is 15.3 Å². The lowest BCUT2D eigenvalue weighted by molar-refractivity contribution is 0.102. The summed E-state index contributed by atoms with van der Waals surface area (Å²) in [6, 6.07) is 7.61. The van der Waals surface area contributed by atoms with Crippen LogP contribution in [-0.4, -0.2) is 15.9 Å². The van der Waals surface area contributed by atoms with Gasteiger partial charge in [-0.3, -0.25) is 4.79 Å². The van der Waals surface area contributed by atoms with Gasteiger partial charge in [0.25, 0.3) is 5.91 Å². The van der Waals surface area contributed by atoms with Gasteiger partial charge >= 0.3 is 0 Å². The largest absolute Gasteiger partial charge is 0.321 e. The maximum absolute atomic E-state index is 12.4. The van der Waals surface area contributed by atoms with Crippen LogP contribution in [0.4, 0.5) is 5.69 Å². The molecular weight excluding hydrogens is 294 g/mol. The van der Waals surface area contributed by atoms with Gasteiger partial charge < -0.3 is 5.32 Å². The van der Waals surface area contributed by atoms with Gasteiger partial charge in [0.15, 0.2) is 0 Å². The molecule has 0 saturated carbocycles. The number of pyridine rings is 1. The lowest BCUT2D eigenvalue weighted by Gasteiger charge is -2.08. The Labute approximate surface area is 132 Å². The molecule has 0 spiro atoms. The van der Waals surface area contributed by atoms with Crippen molar-refractivity contribution in [3.05, 3.63) is 58.7 Å². The number of hydrogen-bond donors (Lipinski definition) is 1. The topological polar surface area (TPSA) is 54.9 Å². The number of anilines is 1. The molecule has 2 aromatic heterocycles. The van der Waals surface area contributed by atoms with Crippen LogP contribution in [0, 0.1) is 6.92 Å². The zero-order valence-electron chi connectivity index (χ0n) is 12.3. The summed E-state index contributed by atoms with van der Waals surface area (Å²) in [5, 5.41) is 2.88. The van der Waals surface area contributed by atoms with Crippen LogP contribution in [0.2, 0.25) is 0 Å². The molecule has 110 valence electrons. The van der Waals surface area contributed by atoms with E-state index in [0.29, 0.717) is 11.3 Å². The van der Waals surface area contributed by atoms with Gasteiger partial charge in [0.2, 0.25) is 0 Å². The molecule has 5 heteroatoms. The number of nitrogens with zero attached hydrogens (tertiary/aromatic N) is 2. The second-order valence-corrected chi connectivity index (χ2v) is 5.76. The van der Waals surface area contributed by atoms with Crippen LogP contribution in [-0.2, 0) is 0 Å². The molecule has 1 N–H and O–H groups in total. The third-order valence-electron chi connectivity index (χ3n) is 3.30. The SMILES string of the molecule is C/C=C/c1ccc(C(=O)Nc2cnc3scnc3c2)c(C)c1. The molecule has 1 amide bonds. The van der Waals surface area contributed by atoms with Crippen molar-refractivity contribution in [3.8, 4) is 0 Å². The molecule has 0 radical (unpaired) electrons. The van der Waals surface area contributed by atoms with Crippen molar-refractivity contribution < 1.29 is 4.79 Å². The molecular formula is C17H15N3OS. The molecule has 4 nitrogen and oxygen atoms in total. The van der Waals surface area contributed by atoms with E-state index < -0.39 is 0 Å². The quantitative estimate of drug-likeness (QED) is 0.785. The Bertz CT molecular complexity index is 867. The molecule has 0 bridgehead atoms. The fraction of sp³-hybridized carbons (Fsp3) is 0.118. The fourth-order valence-electron chi connectivity index (χ4n) is 2.26. The Morgan fingerprint density at radius 3 is 2.91 bits per heavy atom. The standard InChI is InChI=1S/C17H15N3OS/c1-3-4-12-5-6-14(11(2)7-12)16(21)20-13-8-15-17(18-9-13)22-10-19-15/h3-10H,1-2H3,(H,20,21)/b4-3+. The van der Waals surface area contributed by atoms with Crippen molar-refractivity contribution in [1.82, 2.24) is 9.97 Å². The molecule has 2 heterocycles. The smallest absolute Gasteiger partial charge is 0.255 e. The predicted octanol–water partition coefficient (Wildman–Crippen LogP) is 4.29. The molecule has 22 heavy (non-hydrogen) atoms. The van der Waals surface area contributed by atoms with Crippen molar-refractivity contribution in [3.63, 3.8) is 0 Å². The molecule has 1 aromatic carbocycles. The maximum atomic E-state index is 12.4. The average molecular weight is 309 g/mol. The second kappa shape index (κ2) is 6.07. The fourth-order valence-corrected chi connectivity index (χ4v) is 2.87. The first-order valence-corrected chi connectivity index (χ1v) is 7.79. The van der Waals surface area contributed by atoms with Gasteiger partial charge in [0, 0.05) is 5.56 Å². The van der Waals surface area contributed by atoms with Gasteiger partial charge in [-0.05, 0) is 37.1 Å². The first kappa shape index (κ1) is 14.4. The number of benzene rings is 1. The van der Waals surface area contributed by atoms with Crippen LogP contribution in [0.5, 0.6) is 0 Å². The Morgan fingerprint density at radius 1 is 1.27 bits per heavy atom. The molecule has 0 unspecified atom stereocenters. The monoisotopic (exact) mass is 309 g/mol. The second-order valence-electron chi connectivity index (χ2n) is 4.93. The number of nitrogens with one attached hydrogen (secondary N) is 1. The Kier molecular flexibility index (Phi) is 3.98. The summed E-state index contributed by atoms with van der Waals surface area (Å²) < 4.78 is 0. The van der Waals surface area contributed by atoms with Crippen molar-refractivity contribution in [2.45, 2.75) is 13.8 Å². The minimum atomic E-state index is -0.138. The molecule has 0 fully saturated rings. The molecule has 0 atom stereocenters. The number of allylic oxidation sites excluding steroid dienone is 1. The first-order chi connectivity index (χ1) is 10.7. The number of rotatable bonds is 3. The van der Waals surface area contributed by atoms with E-state index in [1.807, 2.05) is 50.3 Å². The van der Waals surface area contributed by atoms with E-state index in [4.69, 9.17) is 0 Å². The number of aryl methyl sites for hydroxylation is 1. The normalized spacial score (nSPS) is 11.2. The maximum Gasteiger partial charge on any atom is 0.255 e. The Morgan fingerprint density at radius 2 is 2.14 bits per heavy atom. The van der Waals surface area contributed by atoms with Gasteiger partial charge in [-0.15, -0.1) is 11.3 Å². The highest BCUT2D eigenvalue weighted by Crippen LogP contribution is 2.20. The highest BCUT2D eigenvalue weighted by atomic mass is 32.1. The molecule has 3 rings (SSSR count). The summed E-state index contributed by atoms with van der Waals surface area (Å²) in [6.07, 6.45) is 5.64. The zero-order chi connectivity index (χ0) is 15.5. The third-order valence-corrected chi connectivity index (χ3v) is 4.05. The summed E-state index contributed by atoms with van der Waals surface area (Å²) in [6.45, 7) is 3.90. The van der Waals surface area contributed by atoms with E-state index in [0.717, 1.165) is 21.5 Å². The molecule has 0 saturated heterocycles. The van der Waals surface area contributed by atoms with Crippen molar-refractivity contribution in [1.29, 1.82) is 0 Å². The minimum absolute atomic E-state index is 0.138. The lowest BCUT2D eigenvalue weighted by atomic mass is 10.0. The van der Waals surface area contributed by atoms with Crippen LogP contribution in [0.1, 0.15) is 28.4 Å². The lowest BCUT2D eigenvalue weighted by Crippen LogP contribution is -2.13. The van der Waals surface area contributed by atoms with E-state index in [1.165, 1.54) is 11.3 Å². The van der Waals surface area contributed by atoms with Crippen molar-refractivity contribution >= 4 is 39.4 Å². The number of thiazole rings is 1. The molecule has 3 aromatic rings. The summed E-state index contributed by atoms with van der Waals surface area (Å²) in [5.41, 5.74) is 5.88. The summed E-state index contributed by atoms with van der Waals surface area (Å²) >= 11 is 1.48. The number of fused-ring (bicyclic) bond motifs is 1. The van der Waals surface area contributed by atoms with Crippen molar-refractivity contribution in [2.75, 3.05) is 5.32 Å². The number of amides is 1. The minimum Gasteiger partial charge on any atom is -0.321 e. The molecule has 0 aliphatic rings. The predicted molar refractivity (Wildman–Crippen MR) is 91.3 cm³/mol. The van der Waals surface area contributed by atoms with Crippen molar-refractivity contribution in [2.24, 2.45) is 0 Å². The van der Waals surface area contributed by atoms with Gasteiger partial charge in [-0.2, -0.15) is 0 Å². The number of carbonyl (C=O) groups is 1. The zero-order valence-corrected chi connectivity index (χ0v) is 13.1. The van der Waals surface area contributed by atoms with Crippen LogP contribution in [0.25, 0.3) is 16.4 Å². The highest BCUT2D eigenvalue weighted by Gasteiger charge is 2.10. The highest BCUT2D eigenvalue weighted by molar-refractivity contribution is 7.16.